The molecule has 0 saturated heterocycles. The Labute approximate surface area is 323 Å². The van der Waals surface area contributed by atoms with Gasteiger partial charge in [-0.2, -0.15) is 0 Å². The van der Waals surface area contributed by atoms with E-state index in [0.29, 0.717) is 17.5 Å². The van der Waals surface area contributed by atoms with Crippen LogP contribution in [-0.2, 0) is 0 Å². The van der Waals surface area contributed by atoms with Gasteiger partial charge in [-0.1, -0.05) is 146 Å². The second-order valence-corrected chi connectivity index (χ2v) is 14.1. The summed E-state index contributed by atoms with van der Waals surface area (Å²) >= 11 is 0. The lowest BCUT2D eigenvalue weighted by molar-refractivity contribution is 1.07. The smallest absolute Gasteiger partial charge is 0.164 e. The molecule has 0 fully saturated rings. The topological polar surface area (TPSA) is 48.5 Å². The number of para-hydroxylation sites is 2. The summed E-state index contributed by atoms with van der Waals surface area (Å²) in [5.41, 5.74) is 10.9. The largest absolute Gasteiger partial charge is 0.316 e. The monoisotopic (exact) mass is 715 g/mol. The Kier molecular flexibility index (Phi) is 7.42. The Bertz CT molecular complexity index is 3180. The lowest BCUT2D eigenvalue weighted by atomic mass is 10.0. The normalized spacial score (nSPS) is 11.6. The maximum absolute atomic E-state index is 4.99. The van der Waals surface area contributed by atoms with Crippen LogP contribution in [-0.4, -0.2) is 24.1 Å². The number of fused-ring (bicyclic) bond motifs is 7. The molecule has 0 aliphatic rings. The molecule has 0 amide bonds. The Hall–Kier alpha value is -7.63. The third kappa shape index (κ3) is 5.29. The Balaban J connectivity index is 1.03. The van der Waals surface area contributed by atoms with Gasteiger partial charge in [-0.3, -0.25) is 0 Å². The van der Waals surface area contributed by atoms with Crippen LogP contribution in [0.2, 0.25) is 0 Å². The predicted octanol–water partition coefficient (Wildman–Crippen LogP) is 12.7. The SMILES string of the molecule is c1ccc(-c2nc(-c3ccccc3)nc(-c3cccc(-c4cccc(-n5ccc6ccc7c(ccc8c7c7ccccc7n8-c7ccccc7)c65)c4)c3)n2)cc1. The van der Waals surface area contributed by atoms with E-state index >= 15 is 0 Å². The van der Waals surface area contributed by atoms with E-state index in [-0.39, 0.29) is 0 Å². The molecular formula is C51H33N5. The average Bonchev–Trinajstić information content (AvgIpc) is 3.87. The van der Waals surface area contributed by atoms with Gasteiger partial charge < -0.3 is 9.13 Å². The van der Waals surface area contributed by atoms with Crippen molar-refractivity contribution in [3.63, 3.8) is 0 Å². The summed E-state index contributed by atoms with van der Waals surface area (Å²) in [5, 5.41) is 6.19. The summed E-state index contributed by atoms with van der Waals surface area (Å²) in [6.07, 6.45) is 2.19. The van der Waals surface area contributed by atoms with E-state index in [0.717, 1.165) is 39.2 Å². The van der Waals surface area contributed by atoms with Crippen LogP contribution >= 0.6 is 0 Å². The highest BCUT2D eigenvalue weighted by molar-refractivity contribution is 6.25. The molecule has 0 atom stereocenters. The van der Waals surface area contributed by atoms with Gasteiger partial charge in [0.15, 0.2) is 17.5 Å². The van der Waals surface area contributed by atoms with Crippen molar-refractivity contribution in [3.05, 3.63) is 200 Å². The lowest BCUT2D eigenvalue weighted by Crippen LogP contribution is -2.00. The van der Waals surface area contributed by atoms with E-state index in [2.05, 4.69) is 149 Å². The van der Waals surface area contributed by atoms with Crippen LogP contribution in [0, 0.1) is 0 Å². The van der Waals surface area contributed by atoms with Gasteiger partial charge in [0, 0.05) is 55.8 Å². The standard InChI is InChI=1S/C51H33N5/c1-4-14-35(15-5-1)49-52-50(36-16-6-2-7-17-36)54-51(53-49)39-20-12-18-37(32-39)38-19-13-23-41(33-38)55-31-30-34-26-27-42-43(48(34)55)28-29-46-47(42)44-24-10-11-25-45(44)56(46)40-21-8-3-9-22-40/h1-33H. The van der Waals surface area contributed by atoms with Gasteiger partial charge in [0.05, 0.1) is 16.6 Å². The molecule has 11 aromatic rings. The molecule has 0 aliphatic heterocycles. The van der Waals surface area contributed by atoms with Crippen LogP contribution in [0.25, 0.3) is 100 Å². The Morgan fingerprint density at radius 1 is 0.339 bits per heavy atom. The third-order valence-corrected chi connectivity index (χ3v) is 10.8. The van der Waals surface area contributed by atoms with Crippen LogP contribution in [0.5, 0.6) is 0 Å². The zero-order valence-electron chi connectivity index (χ0n) is 30.3. The number of hydrogen-bond donors (Lipinski definition) is 0. The van der Waals surface area contributed by atoms with Crippen molar-refractivity contribution in [1.29, 1.82) is 0 Å². The first kappa shape index (κ1) is 31.9. The zero-order chi connectivity index (χ0) is 37.0. The number of hydrogen-bond acceptors (Lipinski definition) is 3. The first-order valence-corrected chi connectivity index (χ1v) is 18.9. The highest BCUT2D eigenvalue weighted by Gasteiger charge is 2.18. The first-order chi connectivity index (χ1) is 27.8. The van der Waals surface area contributed by atoms with Crippen molar-refractivity contribution in [3.8, 4) is 56.7 Å². The van der Waals surface area contributed by atoms with Crippen molar-refractivity contribution in [2.75, 3.05) is 0 Å². The minimum absolute atomic E-state index is 0.638. The van der Waals surface area contributed by atoms with Gasteiger partial charge in [-0.15, -0.1) is 0 Å². The molecule has 11 rings (SSSR count). The minimum Gasteiger partial charge on any atom is -0.316 e. The molecule has 3 aromatic heterocycles. The van der Waals surface area contributed by atoms with Gasteiger partial charge in [0.25, 0.3) is 0 Å². The summed E-state index contributed by atoms with van der Waals surface area (Å²) in [6, 6.07) is 68.2. The summed E-state index contributed by atoms with van der Waals surface area (Å²) in [4.78, 5) is 14.9. The van der Waals surface area contributed by atoms with E-state index in [1.165, 1.54) is 43.5 Å². The molecule has 0 bridgehead atoms. The van der Waals surface area contributed by atoms with Crippen molar-refractivity contribution < 1.29 is 0 Å². The van der Waals surface area contributed by atoms with Crippen molar-refractivity contribution in [1.82, 2.24) is 24.1 Å². The predicted molar refractivity (Wildman–Crippen MR) is 230 cm³/mol. The first-order valence-electron chi connectivity index (χ1n) is 18.9. The maximum Gasteiger partial charge on any atom is 0.164 e. The number of benzene rings is 8. The van der Waals surface area contributed by atoms with Gasteiger partial charge in [0.1, 0.15) is 0 Å². The Morgan fingerprint density at radius 2 is 0.893 bits per heavy atom. The fourth-order valence-corrected chi connectivity index (χ4v) is 8.19. The molecular weight excluding hydrogens is 683 g/mol. The molecule has 0 N–H and O–H groups in total. The highest BCUT2D eigenvalue weighted by atomic mass is 15.0. The van der Waals surface area contributed by atoms with E-state index in [9.17, 15) is 0 Å². The maximum atomic E-state index is 4.99. The van der Waals surface area contributed by atoms with E-state index in [4.69, 9.17) is 15.0 Å². The summed E-state index contributed by atoms with van der Waals surface area (Å²) in [5.74, 6) is 1.93. The van der Waals surface area contributed by atoms with Crippen molar-refractivity contribution in [2.45, 2.75) is 0 Å². The second kappa shape index (κ2) is 13.0. The third-order valence-electron chi connectivity index (χ3n) is 10.8. The van der Waals surface area contributed by atoms with Gasteiger partial charge in [-0.05, 0) is 65.0 Å². The second-order valence-electron chi connectivity index (χ2n) is 14.1. The number of rotatable bonds is 6. The van der Waals surface area contributed by atoms with E-state index < -0.39 is 0 Å². The van der Waals surface area contributed by atoms with Crippen molar-refractivity contribution >= 4 is 43.5 Å². The lowest BCUT2D eigenvalue weighted by Gasteiger charge is -2.12. The quantitative estimate of drug-likeness (QED) is 0.172. The van der Waals surface area contributed by atoms with E-state index in [1.54, 1.807) is 0 Å². The molecule has 0 spiro atoms. The van der Waals surface area contributed by atoms with Crippen molar-refractivity contribution in [2.24, 2.45) is 0 Å². The molecule has 262 valence electrons. The van der Waals surface area contributed by atoms with Crippen LogP contribution in [0.1, 0.15) is 0 Å². The molecule has 0 aliphatic carbocycles. The Morgan fingerprint density at radius 3 is 1.62 bits per heavy atom. The molecule has 3 heterocycles. The van der Waals surface area contributed by atoms with Crippen LogP contribution < -0.4 is 0 Å². The molecule has 56 heavy (non-hydrogen) atoms. The number of nitrogens with zero attached hydrogens (tertiary/aromatic N) is 5. The summed E-state index contributed by atoms with van der Waals surface area (Å²) in [6.45, 7) is 0. The molecule has 5 heteroatoms. The van der Waals surface area contributed by atoms with E-state index in [1.807, 2.05) is 60.7 Å². The fourth-order valence-electron chi connectivity index (χ4n) is 8.19. The van der Waals surface area contributed by atoms with Gasteiger partial charge in [0.2, 0.25) is 0 Å². The molecule has 0 radical (unpaired) electrons. The zero-order valence-corrected chi connectivity index (χ0v) is 30.3. The van der Waals surface area contributed by atoms with Crippen LogP contribution in [0.4, 0.5) is 0 Å². The summed E-state index contributed by atoms with van der Waals surface area (Å²) < 4.78 is 4.71. The molecule has 0 saturated carbocycles. The fraction of sp³-hybridized carbons (Fsp3) is 0. The molecule has 0 unspecified atom stereocenters. The molecule has 8 aromatic carbocycles. The van der Waals surface area contributed by atoms with Crippen LogP contribution in [0.3, 0.4) is 0 Å². The van der Waals surface area contributed by atoms with Crippen LogP contribution in [0.15, 0.2) is 200 Å². The minimum atomic E-state index is 0.638. The highest BCUT2D eigenvalue weighted by Crippen LogP contribution is 2.40. The van der Waals surface area contributed by atoms with Gasteiger partial charge >= 0.3 is 0 Å². The summed E-state index contributed by atoms with van der Waals surface area (Å²) in [7, 11) is 0. The average molecular weight is 716 g/mol. The number of aromatic nitrogens is 5. The molecule has 5 nitrogen and oxygen atoms in total. The van der Waals surface area contributed by atoms with Gasteiger partial charge in [-0.25, -0.2) is 15.0 Å².